The van der Waals surface area contributed by atoms with Gasteiger partial charge < -0.3 is 15.3 Å². The molecule has 2 aromatic rings. The Bertz CT molecular complexity index is 855. The van der Waals surface area contributed by atoms with Gasteiger partial charge in [-0.1, -0.05) is 66.7 Å². The van der Waals surface area contributed by atoms with Crippen LogP contribution in [0.4, 0.5) is 4.79 Å². The summed E-state index contributed by atoms with van der Waals surface area (Å²) in [6.45, 7) is 1.07. The molecule has 0 bridgehead atoms. The predicted octanol–water partition coefficient (Wildman–Crippen LogP) is 5.04. The van der Waals surface area contributed by atoms with Crippen molar-refractivity contribution in [1.82, 2.24) is 10.2 Å². The number of hydrogen-bond donors (Lipinski definition) is 2. The van der Waals surface area contributed by atoms with Crippen LogP contribution in [0.3, 0.4) is 0 Å². The minimum absolute atomic E-state index is 0.0552. The smallest absolute Gasteiger partial charge is 0.318 e. The highest BCUT2D eigenvalue weighted by molar-refractivity contribution is 8.03. The van der Waals surface area contributed by atoms with Crippen LogP contribution in [0, 0.1) is 0 Å². The molecular formula is C24H28N2O3S. The molecule has 0 spiro atoms. The van der Waals surface area contributed by atoms with Gasteiger partial charge in [-0.25, -0.2) is 4.79 Å². The van der Waals surface area contributed by atoms with Gasteiger partial charge in [0, 0.05) is 31.3 Å². The lowest BCUT2D eigenvalue weighted by Gasteiger charge is -2.29. The Morgan fingerprint density at radius 2 is 1.73 bits per heavy atom. The van der Waals surface area contributed by atoms with Crippen molar-refractivity contribution in [2.75, 3.05) is 5.75 Å². The van der Waals surface area contributed by atoms with Crippen LogP contribution in [0.2, 0.25) is 0 Å². The molecule has 6 heteroatoms. The highest BCUT2D eigenvalue weighted by Crippen LogP contribution is 2.34. The topological polar surface area (TPSA) is 69.6 Å². The maximum atomic E-state index is 13.1. The number of aliphatic carboxylic acids is 1. The monoisotopic (exact) mass is 424 g/mol. The Kier molecular flexibility index (Phi) is 8.39. The summed E-state index contributed by atoms with van der Waals surface area (Å²) in [5.74, 6) is 0.102. The number of allylic oxidation sites excluding steroid dienone is 1. The molecule has 0 unspecified atom stereocenters. The third kappa shape index (κ3) is 6.95. The van der Waals surface area contributed by atoms with Gasteiger partial charge in [-0.15, -0.1) is 11.8 Å². The van der Waals surface area contributed by atoms with Crippen molar-refractivity contribution < 1.29 is 14.7 Å². The number of thioether (sulfide) groups is 1. The van der Waals surface area contributed by atoms with E-state index in [4.69, 9.17) is 5.11 Å². The molecule has 0 aliphatic carbocycles. The van der Waals surface area contributed by atoms with Crippen molar-refractivity contribution in [3.63, 3.8) is 0 Å². The summed E-state index contributed by atoms with van der Waals surface area (Å²) in [6.07, 6.45) is 4.56. The number of rotatable bonds is 9. The van der Waals surface area contributed by atoms with Crippen LogP contribution in [0.1, 0.15) is 36.8 Å². The number of nitrogens with zero attached hydrogens (tertiary/aromatic N) is 1. The molecule has 1 atom stereocenters. The molecule has 1 saturated heterocycles. The molecular weight excluding hydrogens is 396 g/mol. The van der Waals surface area contributed by atoms with E-state index in [-0.39, 0.29) is 18.5 Å². The second kappa shape index (κ2) is 11.5. The number of nitrogens with one attached hydrogen (secondary N) is 1. The zero-order valence-corrected chi connectivity index (χ0v) is 17.8. The third-order valence-electron chi connectivity index (χ3n) is 5.05. The molecule has 0 saturated carbocycles. The lowest BCUT2D eigenvalue weighted by Crippen LogP contribution is -2.45. The normalized spacial score (nSPS) is 17.1. The zero-order chi connectivity index (χ0) is 21.2. The van der Waals surface area contributed by atoms with Crippen LogP contribution in [-0.4, -0.2) is 33.8 Å². The van der Waals surface area contributed by atoms with Gasteiger partial charge >= 0.3 is 12.0 Å². The molecule has 1 aliphatic heterocycles. The lowest BCUT2D eigenvalue weighted by atomic mass is 10.1. The Balaban J connectivity index is 1.63. The number of carbonyl (C=O) groups excluding carboxylic acids is 1. The molecule has 2 aromatic carbocycles. The van der Waals surface area contributed by atoms with Crippen LogP contribution in [-0.2, 0) is 17.9 Å². The van der Waals surface area contributed by atoms with Gasteiger partial charge in [0.1, 0.15) is 0 Å². The van der Waals surface area contributed by atoms with Gasteiger partial charge in [-0.3, -0.25) is 4.79 Å². The van der Waals surface area contributed by atoms with E-state index in [9.17, 15) is 9.59 Å². The molecule has 0 radical (unpaired) electrons. The molecule has 1 aliphatic rings. The molecule has 3 rings (SSSR count). The maximum absolute atomic E-state index is 13.1. The SMILES string of the molecule is O=C(O)CCC/C=C1/C[C@@H](N(Cc2ccccc2)C(=O)NCc2ccccc2)CS1. The molecule has 1 heterocycles. The van der Waals surface area contributed by atoms with Crippen molar-refractivity contribution in [3.05, 3.63) is 82.8 Å². The van der Waals surface area contributed by atoms with E-state index in [2.05, 4.69) is 11.4 Å². The first-order valence-corrected chi connectivity index (χ1v) is 11.3. The van der Waals surface area contributed by atoms with E-state index in [1.54, 1.807) is 11.8 Å². The first kappa shape index (κ1) is 22.0. The van der Waals surface area contributed by atoms with E-state index in [1.165, 1.54) is 4.91 Å². The van der Waals surface area contributed by atoms with Crippen molar-refractivity contribution in [3.8, 4) is 0 Å². The predicted molar refractivity (Wildman–Crippen MR) is 121 cm³/mol. The second-order valence-electron chi connectivity index (χ2n) is 7.38. The summed E-state index contributed by atoms with van der Waals surface area (Å²) < 4.78 is 0. The number of benzene rings is 2. The van der Waals surface area contributed by atoms with Crippen LogP contribution >= 0.6 is 11.8 Å². The maximum Gasteiger partial charge on any atom is 0.318 e. The molecule has 0 aromatic heterocycles. The van der Waals surface area contributed by atoms with Crippen molar-refractivity contribution in [2.45, 2.75) is 44.8 Å². The Labute approximate surface area is 182 Å². The molecule has 158 valence electrons. The number of amides is 2. The summed E-state index contributed by atoms with van der Waals surface area (Å²) in [4.78, 5) is 26.9. The van der Waals surface area contributed by atoms with Gasteiger partial charge in [0.25, 0.3) is 0 Å². The van der Waals surface area contributed by atoms with Gasteiger partial charge in [0.15, 0.2) is 0 Å². The third-order valence-corrected chi connectivity index (χ3v) is 6.30. The molecule has 30 heavy (non-hydrogen) atoms. The fourth-order valence-electron chi connectivity index (χ4n) is 3.43. The Hall–Kier alpha value is -2.73. The van der Waals surface area contributed by atoms with Gasteiger partial charge in [-0.2, -0.15) is 0 Å². The standard InChI is InChI=1S/C24H28N2O3S/c27-23(28)14-8-7-13-22-15-21(18-30-22)26(17-20-11-5-2-6-12-20)24(29)25-16-19-9-3-1-4-10-19/h1-6,9-13,21H,7-8,14-18H2,(H,25,29)(H,27,28)/b22-13-/t21-/m1/s1. The quantitative estimate of drug-likeness (QED) is 0.553. The van der Waals surface area contributed by atoms with Gasteiger partial charge in [0.2, 0.25) is 0 Å². The van der Waals surface area contributed by atoms with Crippen LogP contribution in [0.25, 0.3) is 0 Å². The average Bonchev–Trinajstić information content (AvgIpc) is 3.23. The molecule has 1 fully saturated rings. The van der Waals surface area contributed by atoms with Crippen molar-refractivity contribution >= 4 is 23.8 Å². The number of carboxylic acids is 1. The minimum Gasteiger partial charge on any atom is -0.481 e. The first-order valence-electron chi connectivity index (χ1n) is 10.3. The van der Waals surface area contributed by atoms with Crippen molar-refractivity contribution in [2.24, 2.45) is 0 Å². The summed E-state index contributed by atoms with van der Waals surface area (Å²) in [5.41, 5.74) is 2.18. The van der Waals surface area contributed by atoms with E-state index >= 15 is 0 Å². The van der Waals surface area contributed by atoms with E-state index in [0.29, 0.717) is 19.5 Å². The number of unbranched alkanes of at least 4 members (excludes halogenated alkanes) is 1. The summed E-state index contributed by atoms with van der Waals surface area (Å²) in [6, 6.07) is 20.0. The molecule has 2 amide bonds. The number of hydrogen-bond acceptors (Lipinski definition) is 3. The number of urea groups is 1. The lowest BCUT2D eigenvalue weighted by molar-refractivity contribution is -0.137. The fraction of sp³-hybridized carbons (Fsp3) is 0.333. The van der Waals surface area contributed by atoms with Gasteiger partial charge in [-0.05, 0) is 35.3 Å². The Morgan fingerprint density at radius 3 is 2.40 bits per heavy atom. The van der Waals surface area contributed by atoms with Crippen LogP contribution in [0.15, 0.2) is 71.6 Å². The largest absolute Gasteiger partial charge is 0.481 e. The van der Waals surface area contributed by atoms with E-state index in [1.807, 2.05) is 65.6 Å². The van der Waals surface area contributed by atoms with Crippen LogP contribution in [0.5, 0.6) is 0 Å². The number of carbonyl (C=O) groups is 2. The zero-order valence-electron chi connectivity index (χ0n) is 17.0. The highest BCUT2D eigenvalue weighted by Gasteiger charge is 2.29. The second-order valence-corrected chi connectivity index (χ2v) is 8.53. The first-order chi connectivity index (χ1) is 14.6. The van der Waals surface area contributed by atoms with Crippen LogP contribution < -0.4 is 5.32 Å². The molecule has 2 N–H and O–H groups in total. The molecule has 5 nitrogen and oxygen atoms in total. The Morgan fingerprint density at radius 1 is 1.07 bits per heavy atom. The summed E-state index contributed by atoms with van der Waals surface area (Å²) in [7, 11) is 0. The average molecular weight is 425 g/mol. The fourth-order valence-corrected chi connectivity index (χ4v) is 4.68. The van der Waals surface area contributed by atoms with Crippen molar-refractivity contribution in [1.29, 1.82) is 0 Å². The van der Waals surface area contributed by atoms with E-state index in [0.717, 1.165) is 29.7 Å². The minimum atomic E-state index is -0.755. The highest BCUT2D eigenvalue weighted by atomic mass is 32.2. The summed E-state index contributed by atoms with van der Waals surface area (Å²) >= 11 is 1.77. The number of carboxylic acid groups (broad SMARTS) is 1. The summed E-state index contributed by atoms with van der Waals surface area (Å²) in [5, 5.41) is 11.8. The van der Waals surface area contributed by atoms with Gasteiger partial charge in [0.05, 0.1) is 0 Å². The van der Waals surface area contributed by atoms with E-state index < -0.39 is 5.97 Å².